The highest BCUT2D eigenvalue weighted by Crippen LogP contribution is 2.22. The van der Waals surface area contributed by atoms with Crippen LogP contribution in [0.3, 0.4) is 0 Å². The summed E-state index contributed by atoms with van der Waals surface area (Å²) in [6, 6.07) is 0. The Morgan fingerprint density at radius 1 is 1.00 bits per heavy atom. The zero-order valence-electron chi connectivity index (χ0n) is 10.0. The summed E-state index contributed by atoms with van der Waals surface area (Å²) < 4.78 is 0. The molecular formula is C13H26. The summed E-state index contributed by atoms with van der Waals surface area (Å²) in [5.74, 6) is 2.34. The van der Waals surface area contributed by atoms with Crippen LogP contribution < -0.4 is 0 Å². The fourth-order valence-electron chi connectivity index (χ4n) is 1.76. The number of allylic oxidation sites excluding steroid dienone is 2. The maximum absolute atomic E-state index is 2.40. The van der Waals surface area contributed by atoms with Gasteiger partial charge in [0.05, 0.1) is 0 Å². The van der Waals surface area contributed by atoms with E-state index in [1.165, 1.54) is 19.3 Å². The zero-order chi connectivity index (χ0) is 10.3. The lowest BCUT2D eigenvalue weighted by Crippen LogP contribution is -2.08. The topological polar surface area (TPSA) is 0 Å². The number of rotatable bonds is 6. The maximum Gasteiger partial charge on any atom is -0.0234 e. The molecule has 0 aliphatic rings. The molecule has 0 aliphatic heterocycles. The van der Waals surface area contributed by atoms with Gasteiger partial charge in [-0.1, -0.05) is 66.0 Å². The summed E-state index contributed by atoms with van der Waals surface area (Å²) in [7, 11) is 0. The first-order valence-corrected chi connectivity index (χ1v) is 5.80. The standard InChI is InChI=1S/C13H26/c1-6-8-13(7-2)12(5)10-9-11(3)4/h9-13H,6-8H2,1-5H3. The SMILES string of the molecule is CCCC(CC)C(C)C=CC(C)C. The predicted octanol–water partition coefficient (Wildman–Crippen LogP) is 4.66. The van der Waals surface area contributed by atoms with Crippen LogP contribution in [0.15, 0.2) is 12.2 Å². The minimum absolute atomic E-state index is 0.696. The third-order valence-electron chi connectivity index (χ3n) is 2.73. The Bertz CT molecular complexity index is 133. The smallest absolute Gasteiger partial charge is 0.0234 e. The minimum atomic E-state index is 0.696. The molecule has 13 heavy (non-hydrogen) atoms. The second-order valence-electron chi connectivity index (χ2n) is 4.45. The first-order valence-electron chi connectivity index (χ1n) is 5.80. The quantitative estimate of drug-likeness (QED) is 0.524. The molecule has 2 unspecified atom stereocenters. The highest BCUT2D eigenvalue weighted by Gasteiger charge is 2.11. The summed E-state index contributed by atoms with van der Waals surface area (Å²) in [6.45, 7) is 11.4. The van der Waals surface area contributed by atoms with Crippen LogP contribution in [0.2, 0.25) is 0 Å². The Morgan fingerprint density at radius 2 is 1.62 bits per heavy atom. The van der Waals surface area contributed by atoms with Crippen LogP contribution in [0, 0.1) is 17.8 Å². The van der Waals surface area contributed by atoms with E-state index in [1.54, 1.807) is 0 Å². The van der Waals surface area contributed by atoms with Crippen LogP contribution in [0.1, 0.15) is 53.9 Å². The largest absolute Gasteiger partial charge is 0.0857 e. The van der Waals surface area contributed by atoms with Crippen molar-refractivity contribution in [2.75, 3.05) is 0 Å². The Hall–Kier alpha value is -0.260. The molecule has 0 radical (unpaired) electrons. The van der Waals surface area contributed by atoms with E-state index in [9.17, 15) is 0 Å². The van der Waals surface area contributed by atoms with E-state index >= 15 is 0 Å². The van der Waals surface area contributed by atoms with Gasteiger partial charge in [0, 0.05) is 0 Å². The van der Waals surface area contributed by atoms with Crippen molar-refractivity contribution < 1.29 is 0 Å². The van der Waals surface area contributed by atoms with Gasteiger partial charge in [-0.05, 0) is 17.8 Å². The van der Waals surface area contributed by atoms with Gasteiger partial charge >= 0.3 is 0 Å². The van der Waals surface area contributed by atoms with Crippen LogP contribution in [0.4, 0.5) is 0 Å². The Balaban J connectivity index is 3.96. The molecule has 0 N–H and O–H groups in total. The van der Waals surface area contributed by atoms with Crippen LogP contribution >= 0.6 is 0 Å². The molecule has 0 aromatic carbocycles. The van der Waals surface area contributed by atoms with Gasteiger partial charge in [0.2, 0.25) is 0 Å². The molecule has 0 aromatic heterocycles. The molecule has 0 aromatic rings. The monoisotopic (exact) mass is 182 g/mol. The van der Waals surface area contributed by atoms with Gasteiger partial charge in [0.1, 0.15) is 0 Å². The van der Waals surface area contributed by atoms with Crippen LogP contribution in [0.25, 0.3) is 0 Å². The molecule has 0 fully saturated rings. The summed E-state index contributed by atoms with van der Waals surface area (Å²) in [5, 5.41) is 0. The van der Waals surface area contributed by atoms with Gasteiger partial charge < -0.3 is 0 Å². The number of hydrogen-bond acceptors (Lipinski definition) is 0. The molecule has 0 nitrogen and oxygen atoms in total. The van der Waals surface area contributed by atoms with Crippen molar-refractivity contribution >= 4 is 0 Å². The van der Waals surface area contributed by atoms with E-state index < -0.39 is 0 Å². The van der Waals surface area contributed by atoms with E-state index in [2.05, 4.69) is 46.8 Å². The molecule has 2 atom stereocenters. The third kappa shape index (κ3) is 5.90. The van der Waals surface area contributed by atoms with Crippen LogP contribution in [-0.4, -0.2) is 0 Å². The molecule has 0 rings (SSSR count). The van der Waals surface area contributed by atoms with Gasteiger partial charge in [-0.25, -0.2) is 0 Å². The van der Waals surface area contributed by atoms with Gasteiger partial charge in [0.15, 0.2) is 0 Å². The number of hydrogen-bond donors (Lipinski definition) is 0. The third-order valence-corrected chi connectivity index (χ3v) is 2.73. The molecule has 0 amide bonds. The first-order chi connectivity index (χ1) is 6.11. The molecule has 0 spiro atoms. The van der Waals surface area contributed by atoms with Gasteiger partial charge in [0.25, 0.3) is 0 Å². The summed E-state index contributed by atoms with van der Waals surface area (Å²) in [6.07, 6.45) is 8.74. The van der Waals surface area contributed by atoms with Crippen LogP contribution in [-0.2, 0) is 0 Å². The predicted molar refractivity (Wildman–Crippen MR) is 61.8 cm³/mol. The summed E-state index contributed by atoms with van der Waals surface area (Å²) >= 11 is 0. The van der Waals surface area contributed by atoms with Gasteiger partial charge in [-0.3, -0.25) is 0 Å². The normalized spacial score (nSPS) is 16.8. The molecular weight excluding hydrogens is 156 g/mol. The first kappa shape index (κ1) is 12.7. The molecule has 0 bridgehead atoms. The molecule has 0 aliphatic carbocycles. The molecule has 0 saturated carbocycles. The molecule has 0 heterocycles. The van der Waals surface area contributed by atoms with Crippen molar-refractivity contribution in [3.63, 3.8) is 0 Å². The van der Waals surface area contributed by atoms with Gasteiger partial charge in [-0.2, -0.15) is 0 Å². The minimum Gasteiger partial charge on any atom is -0.0857 e. The zero-order valence-corrected chi connectivity index (χ0v) is 10.0. The van der Waals surface area contributed by atoms with Crippen molar-refractivity contribution in [1.29, 1.82) is 0 Å². The lowest BCUT2D eigenvalue weighted by molar-refractivity contribution is 0.375. The maximum atomic E-state index is 2.40. The van der Waals surface area contributed by atoms with E-state index in [-0.39, 0.29) is 0 Å². The van der Waals surface area contributed by atoms with Crippen molar-refractivity contribution in [2.24, 2.45) is 17.8 Å². The average Bonchev–Trinajstić information content (AvgIpc) is 2.10. The molecule has 0 saturated heterocycles. The van der Waals surface area contributed by atoms with E-state index in [4.69, 9.17) is 0 Å². The summed E-state index contributed by atoms with van der Waals surface area (Å²) in [5.41, 5.74) is 0. The van der Waals surface area contributed by atoms with Crippen molar-refractivity contribution in [2.45, 2.75) is 53.9 Å². The Morgan fingerprint density at radius 3 is 2.00 bits per heavy atom. The Labute approximate surface area is 84.4 Å². The average molecular weight is 182 g/mol. The van der Waals surface area contributed by atoms with E-state index in [1.807, 2.05) is 0 Å². The second kappa shape index (κ2) is 7.17. The van der Waals surface area contributed by atoms with Crippen molar-refractivity contribution in [3.05, 3.63) is 12.2 Å². The molecule has 0 heteroatoms. The molecule has 78 valence electrons. The summed E-state index contributed by atoms with van der Waals surface area (Å²) in [4.78, 5) is 0. The fourth-order valence-corrected chi connectivity index (χ4v) is 1.76. The second-order valence-corrected chi connectivity index (χ2v) is 4.45. The highest BCUT2D eigenvalue weighted by molar-refractivity contribution is 4.91. The van der Waals surface area contributed by atoms with E-state index in [0.29, 0.717) is 5.92 Å². The van der Waals surface area contributed by atoms with Gasteiger partial charge in [-0.15, -0.1) is 0 Å². The van der Waals surface area contributed by atoms with Crippen molar-refractivity contribution in [1.82, 2.24) is 0 Å². The van der Waals surface area contributed by atoms with E-state index in [0.717, 1.165) is 11.8 Å². The lowest BCUT2D eigenvalue weighted by Gasteiger charge is -2.19. The van der Waals surface area contributed by atoms with Crippen LogP contribution in [0.5, 0.6) is 0 Å². The fraction of sp³-hybridized carbons (Fsp3) is 0.846. The van der Waals surface area contributed by atoms with Crippen molar-refractivity contribution in [3.8, 4) is 0 Å². The lowest BCUT2D eigenvalue weighted by atomic mass is 9.87. The Kier molecular flexibility index (Phi) is 7.03. The highest BCUT2D eigenvalue weighted by atomic mass is 14.2.